The van der Waals surface area contributed by atoms with Crippen molar-refractivity contribution < 1.29 is 14.7 Å². The number of hydrogen-bond acceptors (Lipinski definition) is 3. The monoisotopic (exact) mass is 256 g/mol. The van der Waals surface area contributed by atoms with E-state index in [9.17, 15) is 9.59 Å². The average molecular weight is 256 g/mol. The second kappa shape index (κ2) is 6.18. The molecular weight excluding hydrogens is 232 g/mol. The number of nitrogens with one attached hydrogen (secondary N) is 1. The molecule has 1 unspecified atom stereocenters. The van der Waals surface area contributed by atoms with Crippen LogP contribution in [0.5, 0.6) is 0 Å². The maximum atomic E-state index is 11.9. The molecule has 1 fully saturated rings. The quantitative estimate of drug-likeness (QED) is 0.633. The summed E-state index contributed by atoms with van der Waals surface area (Å²) in [4.78, 5) is 22.8. The van der Waals surface area contributed by atoms with Crippen molar-refractivity contribution in [3.63, 3.8) is 0 Å². The summed E-state index contributed by atoms with van der Waals surface area (Å²) in [5.74, 6) is -0.828. The van der Waals surface area contributed by atoms with Crippen LogP contribution in [-0.4, -0.2) is 30.1 Å². The Morgan fingerprint density at radius 2 is 2.00 bits per heavy atom. The molecule has 1 atom stereocenters. The molecule has 1 amide bonds. The molecule has 0 heterocycles. The van der Waals surface area contributed by atoms with Crippen molar-refractivity contribution in [1.82, 2.24) is 5.32 Å². The van der Waals surface area contributed by atoms with Crippen LogP contribution in [0.4, 0.5) is 0 Å². The molecule has 1 saturated carbocycles. The van der Waals surface area contributed by atoms with Gasteiger partial charge in [0.05, 0.1) is 12.3 Å². The van der Waals surface area contributed by atoms with Crippen molar-refractivity contribution in [2.75, 3.05) is 13.1 Å². The Bertz CT molecular complexity index is 311. The van der Waals surface area contributed by atoms with Gasteiger partial charge >= 0.3 is 5.97 Å². The molecule has 5 heteroatoms. The molecule has 0 aliphatic heterocycles. The number of nitrogens with two attached hydrogens (primary N) is 1. The molecule has 0 spiro atoms. The van der Waals surface area contributed by atoms with Crippen LogP contribution in [0.15, 0.2) is 0 Å². The van der Waals surface area contributed by atoms with Crippen molar-refractivity contribution in [2.45, 2.75) is 39.5 Å². The summed E-state index contributed by atoms with van der Waals surface area (Å²) in [5.41, 5.74) is 5.36. The Balaban J connectivity index is 2.48. The largest absolute Gasteiger partial charge is 0.481 e. The maximum absolute atomic E-state index is 11.9. The number of hydrogen-bond donors (Lipinski definition) is 3. The van der Waals surface area contributed by atoms with Crippen LogP contribution in [0.2, 0.25) is 0 Å². The summed E-state index contributed by atoms with van der Waals surface area (Å²) in [6.07, 6.45) is 2.96. The van der Waals surface area contributed by atoms with Gasteiger partial charge in [0, 0.05) is 13.1 Å². The molecule has 0 aromatic heterocycles. The van der Waals surface area contributed by atoms with Gasteiger partial charge in [-0.3, -0.25) is 9.59 Å². The zero-order valence-corrected chi connectivity index (χ0v) is 11.2. The highest BCUT2D eigenvalue weighted by atomic mass is 16.4. The highest BCUT2D eigenvalue weighted by Gasteiger charge is 2.39. The van der Waals surface area contributed by atoms with Gasteiger partial charge in [-0.05, 0) is 24.2 Å². The molecule has 0 aromatic rings. The molecule has 0 saturated heterocycles. The van der Waals surface area contributed by atoms with Gasteiger partial charge in [0.15, 0.2) is 0 Å². The summed E-state index contributed by atoms with van der Waals surface area (Å²) in [5, 5.41) is 11.8. The number of amides is 1. The first-order valence-electron chi connectivity index (χ1n) is 6.60. The fourth-order valence-electron chi connectivity index (χ4n) is 2.50. The predicted octanol–water partition coefficient (Wildman–Crippen LogP) is 0.979. The fraction of sp³-hybridized carbons (Fsp3) is 0.846. The molecular formula is C13H24N2O3. The van der Waals surface area contributed by atoms with Crippen LogP contribution in [0.1, 0.15) is 39.5 Å². The van der Waals surface area contributed by atoms with E-state index in [2.05, 4.69) is 5.32 Å². The summed E-state index contributed by atoms with van der Waals surface area (Å²) < 4.78 is 0. The van der Waals surface area contributed by atoms with Gasteiger partial charge in [-0.2, -0.15) is 0 Å². The van der Waals surface area contributed by atoms with Crippen LogP contribution in [0.25, 0.3) is 0 Å². The lowest BCUT2D eigenvalue weighted by atomic mass is 9.66. The Hall–Kier alpha value is -1.10. The number of carboxylic acid groups (broad SMARTS) is 1. The number of carbonyl (C=O) groups is 2. The Morgan fingerprint density at radius 3 is 2.33 bits per heavy atom. The summed E-state index contributed by atoms with van der Waals surface area (Å²) >= 11 is 0. The van der Waals surface area contributed by atoms with E-state index >= 15 is 0 Å². The molecule has 5 nitrogen and oxygen atoms in total. The number of rotatable bonds is 7. The molecule has 104 valence electrons. The van der Waals surface area contributed by atoms with E-state index in [0.717, 1.165) is 19.3 Å². The smallest absolute Gasteiger partial charge is 0.303 e. The number of carbonyl (C=O) groups excluding carboxylic acids is 1. The summed E-state index contributed by atoms with van der Waals surface area (Å²) in [7, 11) is 0. The van der Waals surface area contributed by atoms with Gasteiger partial charge in [0.25, 0.3) is 0 Å². The third-order valence-electron chi connectivity index (χ3n) is 3.97. The predicted molar refractivity (Wildman–Crippen MR) is 68.9 cm³/mol. The van der Waals surface area contributed by atoms with Crippen LogP contribution < -0.4 is 11.1 Å². The second-order valence-corrected chi connectivity index (χ2v) is 5.73. The molecule has 18 heavy (non-hydrogen) atoms. The van der Waals surface area contributed by atoms with Crippen molar-refractivity contribution >= 4 is 11.9 Å². The first kappa shape index (κ1) is 15.0. The van der Waals surface area contributed by atoms with E-state index in [1.54, 1.807) is 0 Å². The van der Waals surface area contributed by atoms with Crippen molar-refractivity contribution in [2.24, 2.45) is 23.0 Å². The van der Waals surface area contributed by atoms with Crippen molar-refractivity contribution in [1.29, 1.82) is 0 Å². The zero-order chi connectivity index (χ0) is 13.8. The van der Waals surface area contributed by atoms with E-state index in [1.165, 1.54) is 0 Å². The van der Waals surface area contributed by atoms with Crippen LogP contribution in [0, 0.1) is 17.3 Å². The molecule has 0 radical (unpaired) electrons. The lowest BCUT2D eigenvalue weighted by Gasteiger charge is -2.41. The third kappa shape index (κ3) is 3.70. The second-order valence-electron chi connectivity index (χ2n) is 5.73. The molecule has 4 N–H and O–H groups in total. The molecule has 1 aliphatic carbocycles. The minimum atomic E-state index is -0.789. The SMILES string of the molecule is CC(C)C(CN)C(=O)NCC1(CC(=O)O)CCC1. The number of carboxylic acids is 1. The van der Waals surface area contributed by atoms with Crippen LogP contribution in [0.3, 0.4) is 0 Å². The highest BCUT2D eigenvalue weighted by Crippen LogP contribution is 2.43. The van der Waals surface area contributed by atoms with E-state index in [0.29, 0.717) is 13.1 Å². The topological polar surface area (TPSA) is 92.4 Å². The van der Waals surface area contributed by atoms with Gasteiger partial charge in [0.1, 0.15) is 0 Å². The molecule has 0 bridgehead atoms. The van der Waals surface area contributed by atoms with E-state index in [4.69, 9.17) is 10.8 Å². The van der Waals surface area contributed by atoms with Gasteiger partial charge < -0.3 is 16.2 Å². The molecule has 0 aromatic carbocycles. The van der Waals surface area contributed by atoms with Gasteiger partial charge in [-0.15, -0.1) is 0 Å². The summed E-state index contributed by atoms with van der Waals surface area (Å²) in [6.45, 7) is 4.72. The molecule has 1 rings (SSSR count). The van der Waals surface area contributed by atoms with Crippen LogP contribution >= 0.6 is 0 Å². The lowest BCUT2D eigenvalue weighted by Crippen LogP contribution is -2.46. The standard InChI is InChI=1S/C13H24N2O3/c1-9(2)10(7-14)12(18)15-8-13(4-3-5-13)6-11(16)17/h9-10H,3-8,14H2,1-2H3,(H,15,18)(H,16,17). The Labute approximate surface area is 108 Å². The highest BCUT2D eigenvalue weighted by molar-refractivity contribution is 5.79. The van der Waals surface area contributed by atoms with E-state index in [1.807, 2.05) is 13.8 Å². The van der Waals surface area contributed by atoms with Crippen molar-refractivity contribution in [3.05, 3.63) is 0 Å². The van der Waals surface area contributed by atoms with Crippen LogP contribution in [-0.2, 0) is 9.59 Å². The van der Waals surface area contributed by atoms with Crippen molar-refractivity contribution in [3.8, 4) is 0 Å². The summed E-state index contributed by atoms with van der Waals surface area (Å²) in [6, 6.07) is 0. The normalized spacial score (nSPS) is 19.1. The zero-order valence-electron chi connectivity index (χ0n) is 11.2. The minimum Gasteiger partial charge on any atom is -0.481 e. The fourth-order valence-corrected chi connectivity index (χ4v) is 2.50. The maximum Gasteiger partial charge on any atom is 0.303 e. The van der Waals surface area contributed by atoms with E-state index in [-0.39, 0.29) is 29.6 Å². The Morgan fingerprint density at radius 1 is 1.39 bits per heavy atom. The lowest BCUT2D eigenvalue weighted by molar-refractivity contribution is -0.142. The Kier molecular flexibility index (Phi) is 5.14. The number of aliphatic carboxylic acids is 1. The van der Waals surface area contributed by atoms with Gasteiger partial charge in [-0.1, -0.05) is 20.3 Å². The van der Waals surface area contributed by atoms with Gasteiger partial charge in [-0.25, -0.2) is 0 Å². The minimum absolute atomic E-state index is 0.0517. The average Bonchev–Trinajstić information content (AvgIpc) is 2.21. The van der Waals surface area contributed by atoms with Gasteiger partial charge in [0.2, 0.25) is 5.91 Å². The molecule has 1 aliphatic rings. The van der Waals surface area contributed by atoms with E-state index < -0.39 is 5.97 Å². The first-order valence-corrected chi connectivity index (χ1v) is 6.60. The first-order chi connectivity index (χ1) is 8.40. The third-order valence-corrected chi connectivity index (χ3v) is 3.97.